The van der Waals surface area contributed by atoms with Crippen molar-refractivity contribution in [3.63, 3.8) is 0 Å². The van der Waals surface area contributed by atoms with E-state index >= 15 is 0 Å². The van der Waals surface area contributed by atoms with Gasteiger partial charge in [0.25, 0.3) is 0 Å². The number of ketones is 2. The number of benzene rings is 2. The SMILES string of the molecule is CC(=O)c1ccc(N)c([Se][Se]c2cc(C(C)=O)ccc2N)c1. The summed E-state index contributed by atoms with van der Waals surface area (Å²) in [6.45, 7) is 3.09. The van der Waals surface area contributed by atoms with Crippen LogP contribution in [-0.4, -0.2) is 37.8 Å². The Kier molecular flexibility index (Phi) is 5.43. The van der Waals surface area contributed by atoms with Crippen LogP contribution in [0.2, 0.25) is 0 Å². The van der Waals surface area contributed by atoms with Gasteiger partial charge in [-0.1, -0.05) is 0 Å². The normalized spacial score (nSPS) is 10.5. The number of nitrogens with two attached hydrogens (primary N) is 2. The summed E-state index contributed by atoms with van der Waals surface area (Å²) >= 11 is 0.206. The number of hydrogen-bond donors (Lipinski definition) is 2. The van der Waals surface area contributed by atoms with Crippen molar-refractivity contribution in [2.45, 2.75) is 13.8 Å². The Balaban J connectivity index is 2.23. The monoisotopic (exact) mass is 428 g/mol. The average molecular weight is 426 g/mol. The van der Waals surface area contributed by atoms with Gasteiger partial charge >= 0.3 is 141 Å². The van der Waals surface area contributed by atoms with E-state index in [0.29, 0.717) is 22.5 Å². The second kappa shape index (κ2) is 7.12. The molecule has 114 valence electrons. The van der Waals surface area contributed by atoms with E-state index in [9.17, 15) is 9.59 Å². The number of nitrogen functional groups attached to an aromatic ring is 2. The van der Waals surface area contributed by atoms with Gasteiger partial charge in [0.05, 0.1) is 0 Å². The zero-order valence-corrected chi connectivity index (χ0v) is 15.7. The minimum atomic E-state index is 0.0302. The van der Waals surface area contributed by atoms with Gasteiger partial charge in [-0.3, -0.25) is 0 Å². The molecule has 0 amide bonds. The molecular weight excluding hydrogens is 410 g/mol. The van der Waals surface area contributed by atoms with Gasteiger partial charge in [0.1, 0.15) is 0 Å². The molecule has 2 aromatic carbocycles. The van der Waals surface area contributed by atoms with Crippen LogP contribution < -0.4 is 20.4 Å². The Labute approximate surface area is 140 Å². The Morgan fingerprint density at radius 2 is 1.14 bits per heavy atom. The molecule has 6 heteroatoms. The van der Waals surface area contributed by atoms with Gasteiger partial charge in [-0.25, -0.2) is 0 Å². The summed E-state index contributed by atoms with van der Waals surface area (Å²) in [5.41, 5.74) is 14.7. The number of anilines is 2. The molecule has 2 rings (SSSR count). The Bertz CT molecular complexity index is 681. The molecule has 0 saturated carbocycles. The predicted octanol–water partition coefficient (Wildman–Crippen LogP) is 0.530. The predicted molar refractivity (Wildman–Crippen MR) is 92.5 cm³/mol. The van der Waals surface area contributed by atoms with Crippen LogP contribution in [0.4, 0.5) is 11.4 Å². The van der Waals surface area contributed by atoms with E-state index in [2.05, 4.69) is 0 Å². The Hall–Kier alpha value is -1.58. The molecule has 0 atom stereocenters. The van der Waals surface area contributed by atoms with Crippen molar-refractivity contribution < 1.29 is 9.59 Å². The van der Waals surface area contributed by atoms with Crippen LogP contribution in [0.3, 0.4) is 0 Å². The molecule has 2 aromatic rings. The Morgan fingerprint density at radius 3 is 1.45 bits per heavy atom. The summed E-state index contributed by atoms with van der Waals surface area (Å²) in [7, 11) is 0. The first-order chi connectivity index (χ1) is 10.4. The van der Waals surface area contributed by atoms with Crippen molar-refractivity contribution in [3.05, 3.63) is 47.5 Å². The van der Waals surface area contributed by atoms with E-state index in [1.807, 2.05) is 12.1 Å². The zero-order chi connectivity index (χ0) is 16.3. The van der Waals surface area contributed by atoms with Crippen LogP contribution >= 0.6 is 0 Å². The summed E-state index contributed by atoms with van der Waals surface area (Å²) in [5.74, 6) is 0.0604. The molecule has 0 saturated heterocycles. The minimum absolute atomic E-state index is 0.0302. The Morgan fingerprint density at radius 1 is 0.773 bits per heavy atom. The van der Waals surface area contributed by atoms with Gasteiger partial charge < -0.3 is 0 Å². The maximum absolute atomic E-state index is 11.5. The number of Topliss-reactive ketones (excluding diaryl/α,β-unsaturated/α-hetero) is 2. The molecule has 0 aliphatic rings. The van der Waals surface area contributed by atoms with Crippen LogP contribution in [0.15, 0.2) is 36.4 Å². The quantitative estimate of drug-likeness (QED) is 0.415. The zero-order valence-electron chi connectivity index (χ0n) is 12.3. The summed E-state index contributed by atoms with van der Waals surface area (Å²) in [4.78, 5) is 22.9. The van der Waals surface area contributed by atoms with E-state index in [-0.39, 0.29) is 37.8 Å². The second-order valence-electron chi connectivity index (χ2n) is 4.78. The summed E-state index contributed by atoms with van der Waals surface area (Å²) in [6.07, 6.45) is 0. The number of carbonyl (C=O) groups is 2. The van der Waals surface area contributed by atoms with Gasteiger partial charge in [-0.15, -0.1) is 0 Å². The van der Waals surface area contributed by atoms with E-state index in [1.165, 1.54) is 0 Å². The average Bonchev–Trinajstić information content (AvgIpc) is 2.47. The molecule has 0 unspecified atom stereocenters. The first kappa shape index (κ1) is 16.8. The summed E-state index contributed by atoms with van der Waals surface area (Å²) in [6, 6.07) is 10.8. The molecule has 0 spiro atoms. The molecule has 0 bridgehead atoms. The standard InChI is InChI=1S/C16H16N2O2Se2/c1-9(19)11-3-5-13(17)15(7-11)21-22-16-8-12(10(2)20)4-6-14(16)18/h3-8H,17-18H2,1-2H3. The topological polar surface area (TPSA) is 86.2 Å². The third-order valence-corrected chi connectivity index (χ3v) is 10.3. The molecule has 0 aromatic heterocycles. The summed E-state index contributed by atoms with van der Waals surface area (Å²) < 4.78 is 2.01. The molecule has 0 aliphatic carbocycles. The van der Waals surface area contributed by atoms with Crippen molar-refractivity contribution in [1.82, 2.24) is 0 Å². The van der Waals surface area contributed by atoms with Crippen molar-refractivity contribution in [3.8, 4) is 0 Å². The fourth-order valence-corrected chi connectivity index (χ4v) is 8.65. The van der Waals surface area contributed by atoms with Gasteiger partial charge in [-0.05, 0) is 0 Å². The van der Waals surface area contributed by atoms with E-state index < -0.39 is 0 Å². The van der Waals surface area contributed by atoms with E-state index in [4.69, 9.17) is 11.5 Å². The van der Waals surface area contributed by atoms with Crippen molar-refractivity contribution in [2.75, 3.05) is 11.5 Å². The van der Waals surface area contributed by atoms with E-state index in [0.717, 1.165) is 8.92 Å². The number of rotatable bonds is 5. The molecule has 0 heterocycles. The number of hydrogen-bond acceptors (Lipinski definition) is 4. The second-order valence-corrected chi connectivity index (χ2v) is 11.0. The van der Waals surface area contributed by atoms with Gasteiger partial charge in [0.2, 0.25) is 0 Å². The van der Waals surface area contributed by atoms with Crippen molar-refractivity contribution >= 4 is 58.1 Å². The van der Waals surface area contributed by atoms with Crippen molar-refractivity contribution in [1.29, 1.82) is 0 Å². The first-order valence-electron chi connectivity index (χ1n) is 6.54. The molecule has 0 fully saturated rings. The van der Waals surface area contributed by atoms with Crippen LogP contribution in [0, 0.1) is 0 Å². The molecule has 0 radical (unpaired) electrons. The molecule has 4 N–H and O–H groups in total. The van der Waals surface area contributed by atoms with Crippen LogP contribution in [0.1, 0.15) is 34.6 Å². The van der Waals surface area contributed by atoms with Crippen LogP contribution in [0.5, 0.6) is 0 Å². The molecule has 0 aliphatic heterocycles. The molecule has 22 heavy (non-hydrogen) atoms. The van der Waals surface area contributed by atoms with Gasteiger partial charge in [-0.2, -0.15) is 0 Å². The fraction of sp³-hybridized carbons (Fsp3) is 0.125. The van der Waals surface area contributed by atoms with Gasteiger partial charge in [0, 0.05) is 0 Å². The maximum atomic E-state index is 11.5. The van der Waals surface area contributed by atoms with Crippen LogP contribution in [0.25, 0.3) is 0 Å². The third-order valence-electron chi connectivity index (χ3n) is 3.06. The van der Waals surface area contributed by atoms with Crippen molar-refractivity contribution in [2.24, 2.45) is 0 Å². The van der Waals surface area contributed by atoms with Gasteiger partial charge in [0.15, 0.2) is 0 Å². The number of carbonyl (C=O) groups excluding carboxylic acids is 2. The molecular formula is C16H16N2O2Se2. The molecule has 4 nitrogen and oxygen atoms in total. The van der Waals surface area contributed by atoms with Crippen LogP contribution in [-0.2, 0) is 0 Å². The third kappa shape index (κ3) is 3.99. The fourth-order valence-electron chi connectivity index (χ4n) is 1.74. The first-order valence-corrected chi connectivity index (χ1v) is 12.6. The van der Waals surface area contributed by atoms with E-state index in [1.54, 1.807) is 38.1 Å². The summed E-state index contributed by atoms with van der Waals surface area (Å²) in [5, 5.41) is 0.